The Labute approximate surface area is 184 Å². The largest absolute Gasteiger partial charge is 0.492 e. The highest BCUT2D eigenvalue weighted by atomic mass is 32.1. The summed E-state index contributed by atoms with van der Waals surface area (Å²) in [6, 6.07) is 13.7. The van der Waals surface area contributed by atoms with Crippen molar-refractivity contribution < 1.29 is 14.3 Å². The maximum atomic E-state index is 11.7. The van der Waals surface area contributed by atoms with Crippen LogP contribution in [0.2, 0.25) is 0 Å². The second-order valence-corrected chi connectivity index (χ2v) is 8.79. The van der Waals surface area contributed by atoms with Gasteiger partial charge in [-0.1, -0.05) is 18.2 Å². The number of rotatable bonds is 6. The highest BCUT2D eigenvalue weighted by Crippen LogP contribution is 2.32. The molecule has 31 heavy (non-hydrogen) atoms. The molecule has 0 fully saturated rings. The van der Waals surface area contributed by atoms with E-state index in [2.05, 4.69) is 10.4 Å². The monoisotopic (exact) mass is 436 g/mol. The Bertz CT molecular complexity index is 1190. The third kappa shape index (κ3) is 5.21. The minimum Gasteiger partial charge on any atom is -0.492 e. The molecular formula is C23H24N4O3S. The number of nitrogens with zero attached hydrogens (tertiary/aromatic N) is 3. The van der Waals surface area contributed by atoms with Crippen molar-refractivity contribution in [3.05, 3.63) is 60.2 Å². The molecule has 1 amide bonds. The number of benzene rings is 1. The van der Waals surface area contributed by atoms with Gasteiger partial charge in [-0.2, -0.15) is 5.10 Å². The average molecular weight is 437 g/mol. The molecule has 0 saturated carbocycles. The van der Waals surface area contributed by atoms with E-state index >= 15 is 0 Å². The maximum Gasteiger partial charge on any atom is 0.407 e. The number of carbonyl (C=O) groups is 1. The number of thiazole rings is 1. The van der Waals surface area contributed by atoms with E-state index in [1.807, 2.05) is 85.5 Å². The number of alkyl carbamates (subject to hydrolysis) is 1. The zero-order chi connectivity index (χ0) is 21.8. The molecule has 0 unspecified atom stereocenters. The molecule has 160 valence electrons. The highest BCUT2D eigenvalue weighted by molar-refractivity contribution is 7.13. The van der Waals surface area contributed by atoms with Crippen LogP contribution in [-0.2, 0) is 4.74 Å². The SMILES string of the molecule is CC(C)(C)OC(=O)NCCOc1cccc(-c2csc(-c3cnn4ccccc34)n2)c1. The summed E-state index contributed by atoms with van der Waals surface area (Å²) in [6.07, 6.45) is 3.31. The Balaban J connectivity index is 1.39. The lowest BCUT2D eigenvalue weighted by molar-refractivity contribution is 0.0520. The molecule has 8 heteroatoms. The maximum absolute atomic E-state index is 11.7. The lowest BCUT2D eigenvalue weighted by atomic mass is 10.1. The number of aromatic nitrogens is 3. The average Bonchev–Trinajstić information content (AvgIpc) is 3.37. The number of carbonyl (C=O) groups excluding carboxylic acids is 1. The third-order valence-electron chi connectivity index (χ3n) is 4.33. The van der Waals surface area contributed by atoms with Crippen molar-refractivity contribution in [1.29, 1.82) is 0 Å². The minimum atomic E-state index is -0.519. The van der Waals surface area contributed by atoms with Crippen LogP contribution in [0.15, 0.2) is 60.2 Å². The molecule has 0 aliphatic heterocycles. The van der Waals surface area contributed by atoms with Crippen LogP contribution < -0.4 is 10.1 Å². The Morgan fingerprint density at radius 2 is 2.06 bits per heavy atom. The molecule has 0 saturated heterocycles. The van der Waals surface area contributed by atoms with Crippen molar-refractivity contribution in [2.45, 2.75) is 26.4 Å². The molecule has 0 atom stereocenters. The van der Waals surface area contributed by atoms with Crippen LogP contribution in [0.5, 0.6) is 5.75 Å². The number of hydrogen-bond acceptors (Lipinski definition) is 6. The number of amides is 1. The summed E-state index contributed by atoms with van der Waals surface area (Å²) in [5, 5.41) is 10.0. The molecule has 3 heterocycles. The van der Waals surface area contributed by atoms with Gasteiger partial charge in [-0.3, -0.25) is 0 Å². The van der Waals surface area contributed by atoms with Gasteiger partial charge in [-0.25, -0.2) is 14.3 Å². The minimum absolute atomic E-state index is 0.341. The Morgan fingerprint density at radius 1 is 1.19 bits per heavy atom. The zero-order valence-corrected chi connectivity index (χ0v) is 18.5. The van der Waals surface area contributed by atoms with E-state index in [-0.39, 0.29) is 0 Å². The standard InChI is InChI=1S/C23H24N4O3S/c1-23(2,3)30-22(28)24-10-12-29-17-8-6-7-16(13-17)19-15-31-21(26-19)18-14-25-27-11-5-4-9-20(18)27/h4-9,11,13-15H,10,12H2,1-3H3,(H,24,28). The van der Waals surface area contributed by atoms with E-state index in [0.29, 0.717) is 18.9 Å². The van der Waals surface area contributed by atoms with E-state index in [1.54, 1.807) is 11.3 Å². The first-order chi connectivity index (χ1) is 14.9. The first-order valence-electron chi connectivity index (χ1n) is 9.97. The predicted molar refractivity (Wildman–Crippen MR) is 121 cm³/mol. The van der Waals surface area contributed by atoms with E-state index in [9.17, 15) is 4.79 Å². The topological polar surface area (TPSA) is 77.8 Å². The summed E-state index contributed by atoms with van der Waals surface area (Å²) in [5.41, 5.74) is 3.37. The molecule has 1 aromatic carbocycles. The van der Waals surface area contributed by atoms with Crippen molar-refractivity contribution in [3.8, 4) is 27.6 Å². The summed E-state index contributed by atoms with van der Waals surface area (Å²) in [7, 11) is 0. The summed E-state index contributed by atoms with van der Waals surface area (Å²) in [6.45, 7) is 6.18. The van der Waals surface area contributed by atoms with Crippen molar-refractivity contribution in [2.75, 3.05) is 13.2 Å². The molecule has 0 aliphatic carbocycles. The lowest BCUT2D eigenvalue weighted by Gasteiger charge is -2.19. The fourth-order valence-corrected chi connectivity index (χ4v) is 3.86. The molecule has 7 nitrogen and oxygen atoms in total. The van der Waals surface area contributed by atoms with Crippen LogP contribution in [0.1, 0.15) is 20.8 Å². The van der Waals surface area contributed by atoms with Crippen molar-refractivity contribution in [2.24, 2.45) is 0 Å². The number of nitrogens with one attached hydrogen (secondary N) is 1. The summed E-state index contributed by atoms with van der Waals surface area (Å²) in [4.78, 5) is 16.5. The van der Waals surface area contributed by atoms with Gasteiger partial charge in [-0.15, -0.1) is 11.3 Å². The van der Waals surface area contributed by atoms with Gasteiger partial charge in [-0.05, 0) is 45.0 Å². The third-order valence-corrected chi connectivity index (χ3v) is 5.21. The number of hydrogen-bond donors (Lipinski definition) is 1. The Kier molecular flexibility index (Phi) is 5.90. The van der Waals surface area contributed by atoms with Crippen molar-refractivity contribution in [1.82, 2.24) is 19.9 Å². The van der Waals surface area contributed by atoms with Gasteiger partial charge in [0.15, 0.2) is 0 Å². The lowest BCUT2D eigenvalue weighted by Crippen LogP contribution is -2.34. The number of fused-ring (bicyclic) bond motifs is 1. The van der Waals surface area contributed by atoms with Gasteiger partial charge in [0, 0.05) is 17.1 Å². The first-order valence-corrected chi connectivity index (χ1v) is 10.9. The molecular weight excluding hydrogens is 412 g/mol. The van der Waals surface area contributed by atoms with Gasteiger partial charge < -0.3 is 14.8 Å². The first kappa shape index (κ1) is 20.9. The molecule has 3 aromatic heterocycles. The van der Waals surface area contributed by atoms with Gasteiger partial charge in [0.05, 0.1) is 29.5 Å². The zero-order valence-electron chi connectivity index (χ0n) is 17.7. The van der Waals surface area contributed by atoms with Crippen molar-refractivity contribution >= 4 is 22.9 Å². The second kappa shape index (κ2) is 8.77. The fraction of sp³-hybridized carbons (Fsp3) is 0.261. The van der Waals surface area contributed by atoms with Crippen LogP contribution in [0.3, 0.4) is 0 Å². The van der Waals surface area contributed by atoms with E-state index in [1.165, 1.54) is 0 Å². The smallest absolute Gasteiger partial charge is 0.407 e. The summed E-state index contributed by atoms with van der Waals surface area (Å²) >= 11 is 1.59. The number of pyridine rings is 1. The van der Waals surface area contributed by atoms with Crippen molar-refractivity contribution in [3.63, 3.8) is 0 Å². The Morgan fingerprint density at radius 3 is 2.90 bits per heavy atom. The number of ether oxygens (including phenoxy) is 2. The van der Waals surface area contributed by atoms with Crippen LogP contribution in [-0.4, -0.2) is 39.4 Å². The van der Waals surface area contributed by atoms with Crippen LogP contribution >= 0.6 is 11.3 Å². The second-order valence-electron chi connectivity index (χ2n) is 7.93. The molecule has 4 aromatic rings. The Hall–Kier alpha value is -3.39. The molecule has 4 rings (SSSR count). The van der Waals surface area contributed by atoms with E-state index in [4.69, 9.17) is 14.5 Å². The molecule has 1 N–H and O–H groups in total. The van der Waals surface area contributed by atoms with Crippen LogP contribution in [0, 0.1) is 0 Å². The fourth-order valence-electron chi connectivity index (χ4n) is 3.01. The normalized spacial score (nSPS) is 11.5. The summed E-state index contributed by atoms with van der Waals surface area (Å²) in [5.74, 6) is 0.717. The van der Waals surface area contributed by atoms with Crippen LogP contribution in [0.4, 0.5) is 4.79 Å². The molecule has 0 aliphatic rings. The quantitative estimate of drug-likeness (QED) is 0.429. The predicted octanol–water partition coefficient (Wildman–Crippen LogP) is 5.03. The highest BCUT2D eigenvalue weighted by Gasteiger charge is 2.15. The van der Waals surface area contributed by atoms with Gasteiger partial charge in [0.25, 0.3) is 0 Å². The molecule has 0 radical (unpaired) electrons. The van der Waals surface area contributed by atoms with E-state index < -0.39 is 11.7 Å². The molecule has 0 bridgehead atoms. The van der Waals surface area contributed by atoms with Gasteiger partial charge >= 0.3 is 6.09 Å². The molecule has 0 spiro atoms. The van der Waals surface area contributed by atoms with E-state index in [0.717, 1.165) is 27.3 Å². The van der Waals surface area contributed by atoms with Gasteiger partial charge in [0.2, 0.25) is 0 Å². The van der Waals surface area contributed by atoms with Gasteiger partial charge in [0.1, 0.15) is 23.0 Å². The van der Waals surface area contributed by atoms with Crippen LogP contribution in [0.25, 0.3) is 27.3 Å². The summed E-state index contributed by atoms with van der Waals surface area (Å²) < 4.78 is 12.8.